The minimum Gasteiger partial charge on any atom is -0.394 e. The van der Waals surface area contributed by atoms with Gasteiger partial charge in [-0.1, -0.05) is 64.8 Å². The summed E-state index contributed by atoms with van der Waals surface area (Å²) in [4.78, 5) is 0. The van der Waals surface area contributed by atoms with Gasteiger partial charge in [0.15, 0.2) is 6.29 Å². The molecule has 5 rings (SSSR count). The quantitative estimate of drug-likeness (QED) is 0.234. The van der Waals surface area contributed by atoms with E-state index in [2.05, 4.69) is 47.6 Å². The monoisotopic (exact) mass is 620 g/mol. The van der Waals surface area contributed by atoms with Gasteiger partial charge in [0.25, 0.3) is 0 Å². The van der Waals surface area contributed by atoms with Crippen molar-refractivity contribution >= 4 is 0 Å². The molecule has 0 aromatic carbocycles. The lowest BCUT2D eigenvalue weighted by Crippen LogP contribution is -2.65. The predicted molar refractivity (Wildman–Crippen MR) is 168 cm³/mol. The summed E-state index contributed by atoms with van der Waals surface area (Å²) in [5.41, 5.74) is 1.62. The molecule has 0 unspecified atom stereocenters. The maximum atomic E-state index is 11.1. The number of rotatable bonds is 7. The lowest BCUT2D eigenvalue weighted by atomic mass is 9.38. The zero-order valence-corrected chi connectivity index (χ0v) is 28.2. The molecule has 0 bridgehead atoms. The van der Waals surface area contributed by atoms with Crippen LogP contribution in [0.5, 0.6) is 0 Å². The Morgan fingerprint density at radius 2 is 1.64 bits per heavy atom. The van der Waals surface area contributed by atoms with Crippen molar-refractivity contribution in [2.24, 2.45) is 45.3 Å². The second-order valence-electron chi connectivity index (χ2n) is 16.8. The van der Waals surface area contributed by atoms with Crippen LogP contribution in [0.25, 0.3) is 0 Å². The number of fused-ring (bicyclic) bond motifs is 5. The molecule has 4 fully saturated rings. The third-order valence-corrected chi connectivity index (χ3v) is 13.8. The van der Waals surface area contributed by atoms with E-state index in [4.69, 9.17) is 9.47 Å². The van der Waals surface area contributed by atoms with Gasteiger partial charge in [-0.05, 0) is 92.8 Å². The van der Waals surface area contributed by atoms with Crippen molar-refractivity contribution in [2.45, 2.75) is 149 Å². The molecule has 3 saturated carbocycles. The van der Waals surface area contributed by atoms with Gasteiger partial charge in [-0.2, -0.15) is 0 Å². The van der Waals surface area contributed by atoms with Gasteiger partial charge < -0.3 is 40.1 Å². The van der Waals surface area contributed by atoms with Crippen LogP contribution in [0.1, 0.15) is 100 Å². The van der Waals surface area contributed by atoms with Crippen molar-refractivity contribution in [1.29, 1.82) is 0 Å². The molecule has 0 spiro atoms. The normalized spacial score (nSPS) is 49.6. The Labute approximate surface area is 264 Å². The molecule has 6 N–H and O–H groups in total. The summed E-state index contributed by atoms with van der Waals surface area (Å²) in [6.45, 7) is 17.4. The Hall–Kier alpha value is -0.840. The predicted octanol–water partition coefficient (Wildman–Crippen LogP) is 4.10. The van der Waals surface area contributed by atoms with Gasteiger partial charge in [-0.25, -0.2) is 0 Å². The highest BCUT2D eigenvalue weighted by atomic mass is 16.7. The van der Waals surface area contributed by atoms with Crippen molar-refractivity contribution < 1.29 is 40.1 Å². The molecule has 15 atom stereocenters. The summed E-state index contributed by atoms with van der Waals surface area (Å²) >= 11 is 0. The summed E-state index contributed by atoms with van der Waals surface area (Å²) < 4.78 is 12.7. The van der Waals surface area contributed by atoms with E-state index in [1.165, 1.54) is 5.57 Å². The third kappa shape index (κ3) is 5.28. The van der Waals surface area contributed by atoms with Crippen LogP contribution in [0.2, 0.25) is 0 Å². The van der Waals surface area contributed by atoms with E-state index >= 15 is 0 Å². The van der Waals surface area contributed by atoms with E-state index in [-0.39, 0.29) is 28.1 Å². The van der Waals surface area contributed by atoms with Crippen molar-refractivity contribution in [1.82, 2.24) is 0 Å². The first kappa shape index (κ1) is 34.5. The molecule has 0 radical (unpaired) electrons. The summed E-state index contributed by atoms with van der Waals surface area (Å²) in [7, 11) is 0. The van der Waals surface area contributed by atoms with Gasteiger partial charge in [-0.15, -0.1) is 0 Å². The van der Waals surface area contributed by atoms with Gasteiger partial charge in [0.2, 0.25) is 0 Å². The lowest BCUT2D eigenvalue weighted by molar-refractivity contribution is -0.322. The van der Waals surface area contributed by atoms with E-state index in [9.17, 15) is 30.6 Å². The smallest absolute Gasteiger partial charge is 0.187 e. The fraction of sp³-hybridized carbons (Fsp3) is 0.889. The number of aliphatic hydroxyl groups is 6. The molecular formula is C36H60O8. The first-order chi connectivity index (χ1) is 20.4. The minimum atomic E-state index is -1.51. The zero-order valence-electron chi connectivity index (χ0n) is 28.2. The van der Waals surface area contributed by atoms with Crippen molar-refractivity contribution in [3.05, 3.63) is 23.3 Å². The van der Waals surface area contributed by atoms with Crippen LogP contribution >= 0.6 is 0 Å². The fourth-order valence-electron chi connectivity index (χ4n) is 11.1. The molecule has 0 amide bonds. The van der Waals surface area contributed by atoms with Crippen LogP contribution < -0.4 is 0 Å². The van der Waals surface area contributed by atoms with E-state index in [0.29, 0.717) is 11.8 Å². The molecule has 0 aromatic heterocycles. The van der Waals surface area contributed by atoms with Gasteiger partial charge in [-0.3, -0.25) is 0 Å². The van der Waals surface area contributed by atoms with E-state index in [1.807, 2.05) is 19.9 Å². The number of allylic oxidation sites excluding steroid dienone is 1. The average Bonchev–Trinajstić information content (AvgIpc) is 3.21. The van der Waals surface area contributed by atoms with Gasteiger partial charge in [0.1, 0.15) is 24.4 Å². The fourth-order valence-corrected chi connectivity index (χ4v) is 11.1. The first-order valence-corrected chi connectivity index (χ1v) is 17.1. The average molecular weight is 621 g/mol. The number of aliphatic hydroxyl groups excluding tert-OH is 6. The Morgan fingerprint density at radius 1 is 0.955 bits per heavy atom. The van der Waals surface area contributed by atoms with Crippen LogP contribution in [0, 0.1) is 45.3 Å². The first-order valence-electron chi connectivity index (χ1n) is 17.1. The summed E-state index contributed by atoms with van der Waals surface area (Å²) in [5.74, 6) is 1.12. The second-order valence-corrected chi connectivity index (χ2v) is 16.8. The van der Waals surface area contributed by atoms with Crippen molar-refractivity contribution in [3.8, 4) is 0 Å². The number of hydrogen-bond acceptors (Lipinski definition) is 8. The molecule has 8 nitrogen and oxygen atoms in total. The van der Waals surface area contributed by atoms with E-state index in [1.54, 1.807) is 0 Å². The van der Waals surface area contributed by atoms with Gasteiger partial charge in [0, 0.05) is 11.3 Å². The maximum absolute atomic E-state index is 11.1. The summed E-state index contributed by atoms with van der Waals surface area (Å²) in [6, 6.07) is 0. The maximum Gasteiger partial charge on any atom is 0.187 e. The largest absolute Gasteiger partial charge is 0.394 e. The van der Waals surface area contributed by atoms with Crippen LogP contribution in [0.4, 0.5) is 0 Å². The molecule has 0 aromatic rings. The number of hydrogen-bond donors (Lipinski definition) is 6. The minimum absolute atomic E-state index is 0.00663. The highest BCUT2D eigenvalue weighted by Gasteiger charge is 2.70. The molecule has 8 heteroatoms. The Morgan fingerprint density at radius 3 is 2.27 bits per heavy atom. The highest BCUT2D eigenvalue weighted by molar-refractivity contribution is 5.33. The van der Waals surface area contributed by atoms with Gasteiger partial charge >= 0.3 is 0 Å². The molecule has 1 saturated heterocycles. The SMILES string of the molecule is CC(C)=C[C@H](O)C[C@@H](C)[C@H]1CC[C@@]2(C)[C@@H]3[C@@H](O[C@@H]4O[C@H](CO)[C@@H](O)[C@H](O)[C@H]4O)C=C4[C@@H](CC[C@H](O)C4(C)C)[C@]3(C)CC[C@]12C. The van der Waals surface area contributed by atoms with Gasteiger partial charge in [0.05, 0.1) is 24.9 Å². The summed E-state index contributed by atoms with van der Waals surface area (Å²) in [5, 5.41) is 63.9. The Bertz CT molecular complexity index is 1110. The van der Waals surface area contributed by atoms with Crippen LogP contribution in [-0.4, -0.2) is 86.3 Å². The Balaban J connectivity index is 1.56. The van der Waals surface area contributed by atoms with Crippen molar-refractivity contribution in [3.63, 3.8) is 0 Å². The molecule has 1 heterocycles. The topological polar surface area (TPSA) is 140 Å². The van der Waals surface area contributed by atoms with Crippen LogP contribution in [-0.2, 0) is 9.47 Å². The second kappa shape index (κ2) is 12.0. The third-order valence-electron chi connectivity index (χ3n) is 13.8. The van der Waals surface area contributed by atoms with E-state index < -0.39 is 61.0 Å². The highest BCUT2D eigenvalue weighted by Crippen LogP contribution is 2.75. The zero-order chi connectivity index (χ0) is 32.6. The molecule has 1 aliphatic heterocycles. The molecular weight excluding hydrogens is 560 g/mol. The molecule has 5 aliphatic rings. The number of ether oxygens (including phenoxy) is 2. The molecule has 4 aliphatic carbocycles. The van der Waals surface area contributed by atoms with Crippen LogP contribution in [0.3, 0.4) is 0 Å². The molecule has 252 valence electrons. The van der Waals surface area contributed by atoms with Crippen LogP contribution in [0.15, 0.2) is 23.3 Å². The lowest BCUT2D eigenvalue weighted by Gasteiger charge is -2.67. The Kier molecular flexibility index (Phi) is 9.40. The summed E-state index contributed by atoms with van der Waals surface area (Å²) in [6.07, 6.45) is 2.64. The van der Waals surface area contributed by atoms with Crippen molar-refractivity contribution in [2.75, 3.05) is 6.61 Å². The standard InChI is InChI=1S/C36H60O8/c1-19(2)15-21(38)16-20(3)22-11-12-36(8)31-25(43-32-30(42)29(41)28(40)26(18-37)44-32)17-24-23(9-10-27(39)33(24,4)5)34(31,6)13-14-35(22,36)7/h15,17,20-23,25-32,37-42H,9-14,16,18H2,1-8H3/t20-,21+,22-,23-,25+,26-,27+,28-,29+,30-,31-,32-,34+,35-,36+/m1/s1. The van der Waals surface area contributed by atoms with E-state index in [0.717, 1.165) is 50.5 Å². The molecule has 44 heavy (non-hydrogen) atoms.